The van der Waals surface area contributed by atoms with Gasteiger partial charge in [0.1, 0.15) is 0 Å². The van der Waals surface area contributed by atoms with Crippen molar-refractivity contribution in [3.8, 4) is 0 Å². The zero-order chi connectivity index (χ0) is 11.3. The van der Waals surface area contributed by atoms with Crippen LogP contribution >= 0.6 is 0 Å². The Kier molecular flexibility index (Phi) is 4.39. The summed E-state index contributed by atoms with van der Waals surface area (Å²) < 4.78 is 0. The first-order valence-electron chi connectivity index (χ1n) is 5.89. The average molecular weight is 214 g/mol. The minimum Gasteiger partial charge on any atom is -0.465 e. The van der Waals surface area contributed by atoms with Crippen LogP contribution in [0.3, 0.4) is 0 Å². The zero-order valence-electron chi connectivity index (χ0n) is 9.54. The van der Waals surface area contributed by atoms with E-state index in [1.807, 2.05) is 0 Å². The predicted octanol–water partition coefficient (Wildman–Crippen LogP) is 2.39. The molecule has 0 saturated carbocycles. The Balaban J connectivity index is 2.55. The van der Waals surface area contributed by atoms with Gasteiger partial charge in [-0.2, -0.15) is 0 Å². The Morgan fingerprint density at radius 2 is 2.20 bits per heavy atom. The molecule has 1 aliphatic rings. The highest BCUT2D eigenvalue weighted by Crippen LogP contribution is 2.28. The van der Waals surface area contributed by atoms with Gasteiger partial charge in [0.05, 0.1) is 5.66 Å². The van der Waals surface area contributed by atoms with Crippen molar-refractivity contribution in [1.29, 1.82) is 0 Å². The molecule has 0 bridgehead atoms. The first-order chi connectivity index (χ1) is 7.10. The van der Waals surface area contributed by atoms with Gasteiger partial charge in [0, 0.05) is 6.54 Å². The van der Waals surface area contributed by atoms with E-state index in [1.54, 1.807) is 0 Å². The summed E-state index contributed by atoms with van der Waals surface area (Å²) in [7, 11) is 0. The minimum absolute atomic E-state index is 0.595. The predicted molar refractivity (Wildman–Crippen MR) is 59.6 cm³/mol. The molecular weight excluding hydrogens is 192 g/mol. The molecule has 0 aromatic heterocycles. The molecule has 1 saturated heterocycles. The number of amides is 1. The van der Waals surface area contributed by atoms with Crippen molar-refractivity contribution in [2.45, 2.75) is 57.5 Å². The van der Waals surface area contributed by atoms with E-state index in [0.717, 1.165) is 44.9 Å². The SMILES string of the molecule is CCCCCC1(N)CCCCN1C(=O)O. The lowest BCUT2D eigenvalue weighted by molar-refractivity contribution is 0.0433. The highest BCUT2D eigenvalue weighted by atomic mass is 16.4. The Hall–Kier alpha value is -0.770. The molecule has 15 heavy (non-hydrogen) atoms. The summed E-state index contributed by atoms with van der Waals surface area (Å²) in [4.78, 5) is 12.5. The van der Waals surface area contributed by atoms with Gasteiger partial charge < -0.3 is 10.8 Å². The van der Waals surface area contributed by atoms with Gasteiger partial charge in [-0.15, -0.1) is 0 Å². The lowest BCUT2D eigenvalue weighted by atomic mass is 9.91. The summed E-state index contributed by atoms with van der Waals surface area (Å²) >= 11 is 0. The number of piperidine rings is 1. The normalized spacial score (nSPS) is 26.7. The molecule has 1 atom stereocenters. The fourth-order valence-electron chi connectivity index (χ4n) is 2.29. The van der Waals surface area contributed by atoms with Gasteiger partial charge in [-0.3, -0.25) is 4.90 Å². The van der Waals surface area contributed by atoms with Crippen molar-refractivity contribution in [2.75, 3.05) is 6.54 Å². The van der Waals surface area contributed by atoms with E-state index in [-0.39, 0.29) is 0 Å². The fourth-order valence-corrected chi connectivity index (χ4v) is 2.29. The summed E-state index contributed by atoms with van der Waals surface area (Å²) in [6.07, 6.45) is 6.03. The first-order valence-corrected chi connectivity index (χ1v) is 5.89. The van der Waals surface area contributed by atoms with Crippen LogP contribution in [-0.2, 0) is 0 Å². The molecule has 0 aliphatic carbocycles. The maximum absolute atomic E-state index is 11.0. The van der Waals surface area contributed by atoms with Crippen LogP contribution in [0.1, 0.15) is 51.9 Å². The van der Waals surface area contributed by atoms with Crippen LogP contribution in [-0.4, -0.2) is 28.3 Å². The van der Waals surface area contributed by atoms with Crippen LogP contribution in [0, 0.1) is 0 Å². The summed E-state index contributed by atoms with van der Waals surface area (Å²) in [5.74, 6) is 0. The maximum Gasteiger partial charge on any atom is 0.408 e. The van der Waals surface area contributed by atoms with Crippen LogP contribution in [0.15, 0.2) is 0 Å². The van der Waals surface area contributed by atoms with Crippen LogP contribution in [0.5, 0.6) is 0 Å². The largest absolute Gasteiger partial charge is 0.465 e. The topological polar surface area (TPSA) is 66.6 Å². The molecule has 3 N–H and O–H groups in total. The van der Waals surface area contributed by atoms with E-state index < -0.39 is 11.8 Å². The number of hydrogen-bond acceptors (Lipinski definition) is 2. The van der Waals surface area contributed by atoms with Crippen molar-refractivity contribution >= 4 is 6.09 Å². The second-order valence-corrected chi connectivity index (χ2v) is 4.45. The molecule has 4 nitrogen and oxygen atoms in total. The van der Waals surface area contributed by atoms with E-state index in [0.29, 0.717) is 6.54 Å². The summed E-state index contributed by atoms with van der Waals surface area (Å²) in [5.41, 5.74) is 5.59. The average Bonchev–Trinajstić information content (AvgIpc) is 2.18. The van der Waals surface area contributed by atoms with Gasteiger partial charge in [-0.1, -0.05) is 19.8 Å². The van der Waals surface area contributed by atoms with Crippen molar-refractivity contribution in [3.05, 3.63) is 0 Å². The summed E-state index contributed by atoms with van der Waals surface area (Å²) in [6, 6.07) is 0. The van der Waals surface area contributed by atoms with E-state index in [1.165, 1.54) is 4.90 Å². The number of rotatable bonds is 4. The number of likely N-dealkylation sites (tertiary alicyclic amines) is 1. The minimum atomic E-state index is -0.867. The molecule has 1 heterocycles. The standard InChI is InChI=1S/C11H22N2O2/c1-2-3-4-7-11(12)8-5-6-9-13(11)10(14)15/h2-9,12H2,1H3,(H,14,15). The van der Waals surface area contributed by atoms with Crippen LogP contribution in [0.2, 0.25) is 0 Å². The molecular formula is C11H22N2O2. The van der Waals surface area contributed by atoms with Gasteiger partial charge in [0.2, 0.25) is 0 Å². The second kappa shape index (κ2) is 5.35. The smallest absolute Gasteiger partial charge is 0.408 e. The second-order valence-electron chi connectivity index (χ2n) is 4.45. The number of carboxylic acid groups (broad SMARTS) is 1. The quantitative estimate of drug-likeness (QED) is 0.706. The third kappa shape index (κ3) is 3.09. The van der Waals surface area contributed by atoms with Gasteiger partial charge in [0.15, 0.2) is 0 Å². The van der Waals surface area contributed by atoms with Crippen molar-refractivity contribution < 1.29 is 9.90 Å². The summed E-state index contributed by atoms with van der Waals surface area (Å²) in [5, 5.41) is 9.08. The molecule has 0 spiro atoms. The van der Waals surface area contributed by atoms with Gasteiger partial charge in [0.25, 0.3) is 0 Å². The molecule has 0 radical (unpaired) electrons. The number of unbranched alkanes of at least 4 members (excludes halogenated alkanes) is 2. The van der Waals surface area contributed by atoms with Crippen molar-refractivity contribution in [1.82, 2.24) is 4.90 Å². The number of nitrogens with zero attached hydrogens (tertiary/aromatic N) is 1. The van der Waals surface area contributed by atoms with E-state index >= 15 is 0 Å². The lowest BCUT2D eigenvalue weighted by Crippen LogP contribution is -2.60. The maximum atomic E-state index is 11.0. The van der Waals surface area contributed by atoms with E-state index in [9.17, 15) is 4.79 Å². The van der Waals surface area contributed by atoms with Crippen molar-refractivity contribution in [2.24, 2.45) is 5.73 Å². The van der Waals surface area contributed by atoms with Crippen molar-refractivity contribution in [3.63, 3.8) is 0 Å². The molecule has 1 fully saturated rings. The van der Waals surface area contributed by atoms with Gasteiger partial charge in [-0.25, -0.2) is 4.79 Å². The molecule has 0 aromatic carbocycles. The third-order valence-corrected chi connectivity index (χ3v) is 3.22. The Morgan fingerprint density at radius 1 is 1.47 bits per heavy atom. The molecule has 4 heteroatoms. The molecule has 1 rings (SSSR count). The van der Waals surface area contributed by atoms with Crippen LogP contribution < -0.4 is 5.73 Å². The summed E-state index contributed by atoms with van der Waals surface area (Å²) in [6.45, 7) is 2.73. The number of hydrogen-bond donors (Lipinski definition) is 2. The van der Waals surface area contributed by atoms with Crippen LogP contribution in [0.4, 0.5) is 4.79 Å². The van der Waals surface area contributed by atoms with Gasteiger partial charge in [-0.05, 0) is 32.1 Å². The monoisotopic (exact) mass is 214 g/mol. The Labute approximate surface area is 91.4 Å². The van der Waals surface area contributed by atoms with Gasteiger partial charge >= 0.3 is 6.09 Å². The molecule has 1 amide bonds. The van der Waals surface area contributed by atoms with E-state index in [4.69, 9.17) is 10.8 Å². The molecule has 1 aliphatic heterocycles. The Bertz CT molecular complexity index is 221. The lowest BCUT2D eigenvalue weighted by Gasteiger charge is -2.43. The zero-order valence-corrected chi connectivity index (χ0v) is 9.54. The molecule has 0 aromatic rings. The number of nitrogens with two attached hydrogens (primary N) is 1. The molecule has 1 unspecified atom stereocenters. The third-order valence-electron chi connectivity index (χ3n) is 3.22. The van der Waals surface area contributed by atoms with E-state index in [2.05, 4.69) is 6.92 Å². The highest BCUT2D eigenvalue weighted by Gasteiger charge is 2.37. The fraction of sp³-hybridized carbons (Fsp3) is 0.909. The first kappa shape index (κ1) is 12.3. The number of carbonyl (C=O) groups is 1. The molecule has 88 valence electrons. The Morgan fingerprint density at radius 3 is 2.80 bits per heavy atom. The van der Waals surface area contributed by atoms with Crippen LogP contribution in [0.25, 0.3) is 0 Å². The highest BCUT2D eigenvalue weighted by molar-refractivity contribution is 5.66.